The van der Waals surface area contributed by atoms with Gasteiger partial charge in [0.1, 0.15) is 0 Å². The van der Waals surface area contributed by atoms with Gasteiger partial charge >= 0.3 is 0 Å². The minimum absolute atomic E-state index is 0. The molecule has 0 saturated heterocycles. The van der Waals surface area contributed by atoms with E-state index >= 15 is 0 Å². The lowest BCUT2D eigenvalue weighted by Crippen LogP contribution is -2.19. The Morgan fingerprint density at radius 2 is 1.85 bits per heavy atom. The lowest BCUT2D eigenvalue weighted by molar-refractivity contribution is 0.635. The van der Waals surface area contributed by atoms with Crippen molar-refractivity contribution in [2.45, 2.75) is 19.8 Å². The number of rotatable bonds is 4. The Kier molecular flexibility index (Phi) is 6.65. The van der Waals surface area contributed by atoms with Crippen LogP contribution in [0.3, 0.4) is 0 Å². The summed E-state index contributed by atoms with van der Waals surface area (Å²) in [6.07, 6.45) is 0. The van der Waals surface area contributed by atoms with E-state index in [2.05, 4.69) is 49.5 Å². The van der Waals surface area contributed by atoms with Gasteiger partial charge in [-0.15, -0.1) is 12.4 Å². The second-order valence-electron chi connectivity index (χ2n) is 3.12. The van der Waals surface area contributed by atoms with Crippen LogP contribution in [0.1, 0.15) is 25.3 Å². The molecule has 0 aliphatic carbocycles. The van der Waals surface area contributed by atoms with Crippen molar-refractivity contribution >= 4 is 12.4 Å². The summed E-state index contributed by atoms with van der Waals surface area (Å²) in [7, 11) is 0. The fraction of sp³-hybridized carbons (Fsp3) is 0.455. The zero-order chi connectivity index (χ0) is 8.81. The molecule has 0 saturated carbocycles. The van der Waals surface area contributed by atoms with Crippen LogP contribution in [0.15, 0.2) is 30.3 Å². The molecule has 1 aromatic carbocycles. The van der Waals surface area contributed by atoms with Gasteiger partial charge in [-0.2, -0.15) is 0 Å². The van der Waals surface area contributed by atoms with Crippen molar-refractivity contribution < 1.29 is 0 Å². The van der Waals surface area contributed by atoms with Crippen molar-refractivity contribution in [1.82, 2.24) is 5.32 Å². The Morgan fingerprint density at radius 3 is 2.38 bits per heavy atom. The summed E-state index contributed by atoms with van der Waals surface area (Å²) >= 11 is 0. The second-order valence-corrected chi connectivity index (χ2v) is 3.12. The third-order valence-corrected chi connectivity index (χ3v) is 2.07. The van der Waals surface area contributed by atoms with Gasteiger partial charge in [-0.25, -0.2) is 0 Å². The molecule has 1 unspecified atom stereocenters. The van der Waals surface area contributed by atoms with Crippen LogP contribution in [0.25, 0.3) is 0 Å². The fourth-order valence-electron chi connectivity index (χ4n) is 1.26. The summed E-state index contributed by atoms with van der Waals surface area (Å²) in [6.45, 7) is 6.51. The van der Waals surface area contributed by atoms with E-state index < -0.39 is 0 Å². The SMILES string of the molecule is CCNCC(C)c1ccccc1.Cl. The van der Waals surface area contributed by atoms with Crippen LogP contribution in [-0.4, -0.2) is 13.1 Å². The predicted octanol–water partition coefficient (Wildman–Crippen LogP) is 2.82. The molecule has 0 aromatic heterocycles. The third-order valence-electron chi connectivity index (χ3n) is 2.07. The predicted molar refractivity (Wildman–Crippen MR) is 60.6 cm³/mol. The molecular formula is C11H18ClN. The Morgan fingerprint density at radius 1 is 1.23 bits per heavy atom. The molecule has 0 spiro atoms. The van der Waals surface area contributed by atoms with Crippen molar-refractivity contribution in [3.63, 3.8) is 0 Å². The van der Waals surface area contributed by atoms with Gasteiger partial charge in [-0.1, -0.05) is 44.2 Å². The number of benzene rings is 1. The Balaban J connectivity index is 0.00000144. The summed E-state index contributed by atoms with van der Waals surface area (Å²) in [5.41, 5.74) is 1.42. The van der Waals surface area contributed by atoms with Crippen molar-refractivity contribution in [2.24, 2.45) is 0 Å². The van der Waals surface area contributed by atoms with Crippen LogP contribution in [0.2, 0.25) is 0 Å². The van der Waals surface area contributed by atoms with Gasteiger partial charge in [-0.3, -0.25) is 0 Å². The van der Waals surface area contributed by atoms with Crippen molar-refractivity contribution in [2.75, 3.05) is 13.1 Å². The largest absolute Gasteiger partial charge is 0.316 e. The minimum Gasteiger partial charge on any atom is -0.316 e. The van der Waals surface area contributed by atoms with E-state index in [1.807, 2.05) is 0 Å². The van der Waals surface area contributed by atoms with Gasteiger partial charge in [0.25, 0.3) is 0 Å². The normalized spacial score (nSPS) is 11.8. The maximum absolute atomic E-state index is 3.35. The highest BCUT2D eigenvalue weighted by atomic mass is 35.5. The van der Waals surface area contributed by atoms with Crippen LogP contribution >= 0.6 is 12.4 Å². The van der Waals surface area contributed by atoms with E-state index in [0.717, 1.165) is 13.1 Å². The molecule has 0 bridgehead atoms. The van der Waals surface area contributed by atoms with E-state index in [1.54, 1.807) is 0 Å². The average molecular weight is 200 g/mol. The number of halogens is 1. The summed E-state index contributed by atoms with van der Waals surface area (Å²) in [5, 5.41) is 3.35. The number of likely N-dealkylation sites (N-methyl/N-ethyl adjacent to an activating group) is 1. The molecular weight excluding hydrogens is 182 g/mol. The first-order valence-corrected chi connectivity index (χ1v) is 4.60. The molecule has 1 N–H and O–H groups in total. The summed E-state index contributed by atoms with van der Waals surface area (Å²) in [6, 6.07) is 10.6. The molecule has 0 heterocycles. The first kappa shape index (κ1) is 12.5. The van der Waals surface area contributed by atoms with Gasteiger partial charge in [0, 0.05) is 6.54 Å². The monoisotopic (exact) mass is 199 g/mol. The van der Waals surface area contributed by atoms with E-state index in [4.69, 9.17) is 0 Å². The minimum atomic E-state index is 0. The Bertz CT molecular complexity index is 211. The standard InChI is InChI=1S/C11H17N.ClH/c1-3-12-9-10(2)11-7-5-4-6-8-11;/h4-8,10,12H,3,9H2,1-2H3;1H. The zero-order valence-electron chi connectivity index (χ0n) is 8.29. The Labute approximate surface area is 87.0 Å². The molecule has 1 nitrogen and oxygen atoms in total. The highest BCUT2D eigenvalue weighted by molar-refractivity contribution is 5.85. The first-order valence-electron chi connectivity index (χ1n) is 4.60. The third kappa shape index (κ3) is 4.30. The van der Waals surface area contributed by atoms with Gasteiger partial charge in [-0.05, 0) is 18.0 Å². The van der Waals surface area contributed by atoms with Crippen LogP contribution in [0.4, 0.5) is 0 Å². The fourth-order valence-corrected chi connectivity index (χ4v) is 1.26. The van der Waals surface area contributed by atoms with Crippen molar-refractivity contribution in [1.29, 1.82) is 0 Å². The molecule has 1 rings (SSSR count). The maximum atomic E-state index is 3.35. The number of nitrogens with one attached hydrogen (secondary N) is 1. The highest BCUT2D eigenvalue weighted by Gasteiger charge is 2.01. The van der Waals surface area contributed by atoms with E-state index in [1.165, 1.54) is 5.56 Å². The highest BCUT2D eigenvalue weighted by Crippen LogP contribution is 2.12. The topological polar surface area (TPSA) is 12.0 Å². The quantitative estimate of drug-likeness (QED) is 0.787. The molecule has 0 aliphatic heterocycles. The second kappa shape index (κ2) is 6.93. The van der Waals surface area contributed by atoms with E-state index in [0.29, 0.717) is 5.92 Å². The number of hydrogen-bond donors (Lipinski definition) is 1. The lowest BCUT2D eigenvalue weighted by atomic mass is 10.0. The maximum Gasteiger partial charge on any atom is 0.00173 e. The summed E-state index contributed by atoms with van der Waals surface area (Å²) in [4.78, 5) is 0. The Hall–Kier alpha value is -0.530. The van der Waals surface area contributed by atoms with Gasteiger partial charge in [0.15, 0.2) is 0 Å². The van der Waals surface area contributed by atoms with Crippen LogP contribution in [0, 0.1) is 0 Å². The molecule has 74 valence electrons. The van der Waals surface area contributed by atoms with Crippen LogP contribution in [0.5, 0.6) is 0 Å². The van der Waals surface area contributed by atoms with Crippen LogP contribution < -0.4 is 5.32 Å². The molecule has 13 heavy (non-hydrogen) atoms. The van der Waals surface area contributed by atoms with Crippen molar-refractivity contribution in [3.8, 4) is 0 Å². The number of hydrogen-bond acceptors (Lipinski definition) is 1. The first-order chi connectivity index (χ1) is 5.84. The molecule has 1 aromatic rings. The summed E-state index contributed by atoms with van der Waals surface area (Å²) in [5.74, 6) is 0.617. The van der Waals surface area contributed by atoms with Gasteiger partial charge in [0.2, 0.25) is 0 Å². The molecule has 0 amide bonds. The molecule has 0 aliphatic rings. The molecule has 2 heteroatoms. The van der Waals surface area contributed by atoms with Crippen LogP contribution in [-0.2, 0) is 0 Å². The lowest BCUT2D eigenvalue weighted by Gasteiger charge is -2.11. The van der Waals surface area contributed by atoms with Crippen molar-refractivity contribution in [3.05, 3.63) is 35.9 Å². The average Bonchev–Trinajstić information content (AvgIpc) is 2.15. The van der Waals surface area contributed by atoms with Gasteiger partial charge < -0.3 is 5.32 Å². The smallest absolute Gasteiger partial charge is 0.00173 e. The zero-order valence-corrected chi connectivity index (χ0v) is 9.10. The summed E-state index contributed by atoms with van der Waals surface area (Å²) < 4.78 is 0. The van der Waals surface area contributed by atoms with E-state index in [9.17, 15) is 0 Å². The molecule has 0 radical (unpaired) electrons. The van der Waals surface area contributed by atoms with Gasteiger partial charge in [0.05, 0.1) is 0 Å². The molecule has 0 fully saturated rings. The molecule has 1 atom stereocenters. The van der Waals surface area contributed by atoms with E-state index in [-0.39, 0.29) is 12.4 Å².